The summed E-state index contributed by atoms with van der Waals surface area (Å²) < 4.78 is 19.2. The second kappa shape index (κ2) is 17.2. The van der Waals surface area contributed by atoms with E-state index < -0.39 is 7.14 Å². The highest BCUT2D eigenvalue weighted by molar-refractivity contribution is 7.86. The van der Waals surface area contributed by atoms with Crippen molar-refractivity contribution in [1.82, 2.24) is 0 Å². The number of rotatable bonds is 12. The van der Waals surface area contributed by atoms with Gasteiger partial charge in [-0.15, -0.1) is 0 Å². The number of benzene rings is 11. The van der Waals surface area contributed by atoms with Gasteiger partial charge in [0.1, 0.15) is 0 Å². The first-order valence-electron chi connectivity index (χ1n) is 22.7. The Kier molecular flexibility index (Phi) is 10.4. The van der Waals surface area contributed by atoms with Crippen molar-refractivity contribution >= 4 is 127 Å². The van der Waals surface area contributed by atoms with Crippen LogP contribution in [0.2, 0.25) is 0 Å². The summed E-state index contributed by atoms with van der Waals surface area (Å²) in [6.45, 7) is 0. The Morgan fingerprint density at radius 3 is 1.51 bits per heavy atom. The SMILES string of the molecule is C=PN(c1ccccc1)c1ccc(N(c2ccccc2)c2ccc3c4c2ccc2ccc5cc(N(c6ccccc6)c6ccc(Nc7ccccc7)cc6)cc(c5c24)P3(=O)c2ccccc2)cc1. The molecular weight excluding hydrogens is 867 g/mol. The summed E-state index contributed by atoms with van der Waals surface area (Å²) in [7, 11) is -2.65. The molecule has 0 radical (unpaired) electrons. The predicted molar refractivity (Wildman–Crippen MR) is 294 cm³/mol. The third-order valence-electron chi connectivity index (χ3n) is 13.0. The van der Waals surface area contributed by atoms with Gasteiger partial charge in [0, 0.05) is 91.6 Å². The highest BCUT2D eigenvalue weighted by Gasteiger charge is 2.39. The van der Waals surface area contributed by atoms with Gasteiger partial charge in [0.25, 0.3) is 0 Å². The molecule has 0 aliphatic carbocycles. The summed E-state index contributed by atoms with van der Waals surface area (Å²) in [4.78, 5) is 4.60. The van der Waals surface area contributed by atoms with E-state index in [2.05, 4.69) is 214 Å². The average Bonchev–Trinajstić information content (AvgIpc) is 3.40. The monoisotopic (exact) mass is 910 g/mol. The number of nitrogens with zero attached hydrogens (tertiary/aromatic N) is 3. The van der Waals surface area contributed by atoms with Crippen LogP contribution < -0.4 is 35.7 Å². The minimum atomic E-state index is -3.52. The number of anilines is 10. The molecule has 1 heterocycles. The molecule has 68 heavy (non-hydrogen) atoms. The van der Waals surface area contributed by atoms with Gasteiger partial charge in [-0.25, -0.2) is 0 Å². The molecule has 0 amide bonds. The Morgan fingerprint density at radius 2 is 0.868 bits per heavy atom. The molecule has 1 atom stereocenters. The molecular formula is C61H44N4OP2. The number of nitrogens with one attached hydrogen (secondary N) is 1. The van der Waals surface area contributed by atoms with Gasteiger partial charge in [0.05, 0.1) is 5.69 Å². The fourth-order valence-corrected chi connectivity index (χ4v) is 13.7. The summed E-state index contributed by atoms with van der Waals surface area (Å²) >= 11 is 0. The Hall–Kier alpha value is -8.20. The van der Waals surface area contributed by atoms with Crippen LogP contribution in [0.4, 0.5) is 56.9 Å². The van der Waals surface area contributed by atoms with E-state index in [-0.39, 0.29) is 0 Å². The van der Waals surface area contributed by atoms with Crippen LogP contribution in [0.15, 0.2) is 249 Å². The summed E-state index contributed by atoms with van der Waals surface area (Å²) in [5.74, 6) is 0. The maximum Gasteiger partial charge on any atom is 0.172 e. The van der Waals surface area contributed by atoms with Crippen molar-refractivity contribution in [2.24, 2.45) is 0 Å². The van der Waals surface area contributed by atoms with Crippen LogP contribution in [0.25, 0.3) is 32.3 Å². The van der Waals surface area contributed by atoms with Gasteiger partial charge in [-0.2, -0.15) is 0 Å². The zero-order valence-corrected chi connectivity index (χ0v) is 38.8. The molecule has 1 N–H and O–H groups in total. The first kappa shape index (κ1) is 41.2. The van der Waals surface area contributed by atoms with E-state index in [0.717, 1.165) is 113 Å². The van der Waals surface area contributed by atoms with Crippen molar-refractivity contribution in [3.8, 4) is 0 Å². The second-order valence-electron chi connectivity index (χ2n) is 16.9. The zero-order valence-electron chi connectivity index (χ0n) is 37.0. The van der Waals surface area contributed by atoms with Gasteiger partial charge in [-0.3, -0.25) is 4.67 Å². The number of hydrogen-bond donors (Lipinski definition) is 1. The van der Waals surface area contributed by atoms with Gasteiger partial charge in [-0.1, -0.05) is 134 Å². The molecule has 1 aliphatic rings. The van der Waals surface area contributed by atoms with Gasteiger partial charge >= 0.3 is 0 Å². The predicted octanol–water partition coefficient (Wildman–Crippen LogP) is 16.2. The molecule has 1 aliphatic heterocycles. The lowest BCUT2D eigenvalue weighted by Crippen LogP contribution is -2.30. The molecule has 11 aromatic rings. The van der Waals surface area contributed by atoms with E-state index >= 15 is 4.57 Å². The van der Waals surface area contributed by atoms with Crippen LogP contribution in [0, 0.1) is 0 Å². The number of para-hydroxylation sites is 4. The standard InChI is InChI=1S/C61H44N4OP2/c1-67-65(51-23-13-5-14-24-51)52-36-34-50(35-37-52)64(48-21-11-4-12-22-48)56-39-40-57-61-55(56)38-29-43-27-28-44-41-53(42-58(59(44)60(43)61)68(57,66)54-25-15-6-16-26-54)63(47-19-9-3-10-20-47)49-32-30-46(31-33-49)62-45-17-7-2-8-18-45/h2-42,62H,1H2. The van der Waals surface area contributed by atoms with Crippen molar-refractivity contribution in [1.29, 1.82) is 0 Å². The lowest BCUT2D eigenvalue weighted by Gasteiger charge is -2.33. The average molecular weight is 911 g/mol. The molecule has 0 saturated heterocycles. The van der Waals surface area contributed by atoms with Crippen molar-refractivity contribution in [3.05, 3.63) is 249 Å². The Bertz CT molecular complexity index is 3690. The van der Waals surface area contributed by atoms with Crippen molar-refractivity contribution in [2.75, 3.05) is 19.8 Å². The molecule has 0 saturated carbocycles. The third-order valence-corrected chi connectivity index (χ3v) is 16.9. The second-order valence-corrected chi connectivity index (χ2v) is 20.3. The highest BCUT2D eigenvalue weighted by atomic mass is 31.2. The summed E-state index contributed by atoms with van der Waals surface area (Å²) in [5, 5.41) is 12.4. The Morgan fingerprint density at radius 1 is 0.382 bits per heavy atom. The smallest absolute Gasteiger partial charge is 0.172 e. The number of hydrogen-bond acceptors (Lipinski definition) is 5. The van der Waals surface area contributed by atoms with E-state index in [1.807, 2.05) is 60.7 Å². The molecule has 1 unspecified atom stereocenters. The van der Waals surface area contributed by atoms with Gasteiger partial charge in [-0.05, 0) is 137 Å². The van der Waals surface area contributed by atoms with Crippen LogP contribution in [-0.2, 0) is 4.57 Å². The van der Waals surface area contributed by atoms with Crippen molar-refractivity contribution < 1.29 is 4.57 Å². The van der Waals surface area contributed by atoms with Gasteiger partial charge in [0.15, 0.2) is 7.14 Å². The lowest BCUT2D eigenvalue weighted by atomic mass is 9.94. The summed E-state index contributed by atoms with van der Waals surface area (Å²) in [6.07, 6.45) is 4.23. The van der Waals surface area contributed by atoms with Crippen molar-refractivity contribution in [3.63, 3.8) is 0 Å². The molecule has 0 aromatic heterocycles. The molecule has 0 fully saturated rings. The lowest BCUT2D eigenvalue weighted by molar-refractivity contribution is 0.592. The first-order chi connectivity index (χ1) is 33.6. The quantitative estimate of drug-likeness (QED) is 0.0977. The molecule has 0 bridgehead atoms. The fraction of sp³-hybridized carbons (Fsp3) is 0. The van der Waals surface area contributed by atoms with E-state index in [1.54, 1.807) is 0 Å². The fourth-order valence-electron chi connectivity index (χ4n) is 9.97. The summed E-state index contributed by atoms with van der Waals surface area (Å²) in [6, 6.07) is 86.6. The maximum absolute atomic E-state index is 17.0. The van der Waals surface area contributed by atoms with Crippen LogP contribution in [0.3, 0.4) is 0 Å². The topological polar surface area (TPSA) is 38.8 Å². The molecule has 0 spiro atoms. The molecule has 11 aromatic carbocycles. The van der Waals surface area contributed by atoms with Gasteiger partial charge < -0.3 is 19.7 Å². The van der Waals surface area contributed by atoms with Crippen LogP contribution in [-0.4, -0.2) is 6.30 Å². The van der Waals surface area contributed by atoms with Gasteiger partial charge in [0.2, 0.25) is 0 Å². The molecule has 12 rings (SSSR count). The van der Waals surface area contributed by atoms with Crippen molar-refractivity contribution in [2.45, 2.75) is 0 Å². The maximum atomic E-state index is 17.0. The molecule has 324 valence electrons. The third kappa shape index (κ3) is 7.04. The first-order valence-corrected chi connectivity index (χ1v) is 25.5. The summed E-state index contributed by atoms with van der Waals surface area (Å²) in [5.41, 5.74) is 10.1. The Labute approximate surface area is 398 Å². The normalized spacial score (nSPS) is 13.9. The largest absolute Gasteiger partial charge is 0.356 e. The minimum Gasteiger partial charge on any atom is -0.356 e. The van der Waals surface area contributed by atoms with Crippen LogP contribution >= 0.6 is 15.5 Å². The highest BCUT2D eigenvalue weighted by Crippen LogP contribution is 2.55. The van der Waals surface area contributed by atoms with E-state index in [9.17, 15) is 0 Å². The van der Waals surface area contributed by atoms with Crippen LogP contribution in [0.5, 0.6) is 0 Å². The zero-order chi connectivity index (χ0) is 45.6. The molecule has 7 heteroatoms. The molecule has 5 nitrogen and oxygen atoms in total. The van der Waals surface area contributed by atoms with E-state index in [1.165, 1.54) is 0 Å². The van der Waals surface area contributed by atoms with E-state index in [4.69, 9.17) is 0 Å². The Balaban J connectivity index is 1.07. The van der Waals surface area contributed by atoms with E-state index in [0.29, 0.717) is 0 Å². The minimum absolute atomic E-state index is 0.810. The van der Waals surface area contributed by atoms with Crippen LogP contribution in [0.1, 0.15) is 0 Å².